The fourth-order valence-corrected chi connectivity index (χ4v) is 6.42. The first-order valence-electron chi connectivity index (χ1n) is 13.8. The van der Waals surface area contributed by atoms with Crippen LogP contribution in [0.4, 0.5) is 0 Å². The summed E-state index contributed by atoms with van der Waals surface area (Å²) in [5.74, 6) is -0.366. The van der Waals surface area contributed by atoms with Crippen LogP contribution in [-0.4, -0.2) is 106 Å². The molecule has 1 unspecified atom stereocenters. The van der Waals surface area contributed by atoms with Crippen molar-refractivity contribution < 1.29 is 28.7 Å². The molecule has 2 fully saturated rings. The van der Waals surface area contributed by atoms with Gasteiger partial charge >= 0.3 is 0 Å². The summed E-state index contributed by atoms with van der Waals surface area (Å²) in [7, 11) is 12.4. The molecule has 2 aromatic carbocycles. The third-order valence-corrected chi connectivity index (χ3v) is 8.72. The second-order valence-corrected chi connectivity index (χ2v) is 11.5. The molecule has 5 rings (SSSR count). The first-order valence-corrected chi connectivity index (χ1v) is 13.8. The number of carbonyl (C=O) groups is 4. The fourth-order valence-electron chi connectivity index (χ4n) is 6.42. The molecule has 4 amide bonds. The number of nitrogens with one attached hydrogen (secondary N) is 1. The minimum absolute atomic E-state index is 0.00641. The molecule has 3 aliphatic rings. The summed E-state index contributed by atoms with van der Waals surface area (Å²) in [5.41, 5.74) is 7.97. The number of ether oxygens (including phenoxy) is 2. The van der Waals surface area contributed by atoms with E-state index in [0.717, 1.165) is 38.5 Å². The highest BCUT2D eigenvalue weighted by Crippen LogP contribution is 2.35. The van der Waals surface area contributed by atoms with Crippen molar-refractivity contribution in [1.29, 1.82) is 0 Å². The lowest BCUT2D eigenvalue weighted by molar-refractivity contribution is -0.143. The predicted octanol–water partition coefficient (Wildman–Crippen LogP) is -7.70. The molecule has 2 saturated heterocycles. The Hall–Kier alpha value is -3.33. The fraction of sp³-hybridized carbons (Fsp3) is 0.360. The molecule has 3 heterocycles. The first-order chi connectivity index (χ1) is 18.9. The number of hydrogen-bond acceptors (Lipinski definition) is 6. The molecule has 0 aromatic heterocycles. The Balaban J connectivity index is 1.44. The number of hydrogen-bond donors (Lipinski definition) is 1. The Morgan fingerprint density at radius 3 is 2.38 bits per heavy atom. The lowest BCUT2D eigenvalue weighted by atomic mass is 9.52. The SMILES string of the molecule is Bc1c(B)c(C(B)(B)Oc2cccc3c2CN(C2CCC(=O)NC2=O)C3=O)c(B)c(B)c1CN1CCOCC1=O. The van der Waals surface area contributed by atoms with E-state index in [1.54, 1.807) is 17.0 Å². The van der Waals surface area contributed by atoms with Crippen molar-refractivity contribution in [1.82, 2.24) is 15.1 Å². The van der Waals surface area contributed by atoms with Crippen molar-refractivity contribution in [3.8, 4) is 5.75 Å². The van der Waals surface area contributed by atoms with Crippen LogP contribution in [0.15, 0.2) is 18.2 Å². The van der Waals surface area contributed by atoms with Gasteiger partial charge in [-0.1, -0.05) is 27.9 Å². The van der Waals surface area contributed by atoms with E-state index >= 15 is 0 Å². The maximum absolute atomic E-state index is 13.3. The first kappa shape index (κ1) is 28.2. The summed E-state index contributed by atoms with van der Waals surface area (Å²) in [6.45, 7) is 2.05. The molecule has 0 bridgehead atoms. The highest BCUT2D eigenvalue weighted by molar-refractivity contribution is 6.59. The molecule has 3 aliphatic heterocycles. The van der Waals surface area contributed by atoms with Crippen LogP contribution < -0.4 is 31.9 Å². The molecule has 0 radical (unpaired) electrons. The molecule has 15 heteroatoms. The van der Waals surface area contributed by atoms with Gasteiger partial charge in [-0.25, -0.2) is 0 Å². The van der Waals surface area contributed by atoms with Gasteiger partial charge in [-0.3, -0.25) is 24.5 Å². The number of carbonyl (C=O) groups excluding carboxylic acids is 4. The average molecular weight is 534 g/mol. The smallest absolute Gasteiger partial charge is 0.255 e. The van der Waals surface area contributed by atoms with E-state index in [9.17, 15) is 19.2 Å². The number of piperidine rings is 1. The molecule has 9 nitrogen and oxygen atoms in total. The second kappa shape index (κ2) is 10.6. The van der Waals surface area contributed by atoms with Crippen LogP contribution >= 0.6 is 0 Å². The zero-order valence-electron chi connectivity index (χ0n) is 24.1. The summed E-state index contributed by atoms with van der Waals surface area (Å²) in [6.07, 6.45) is 0.519. The zero-order valence-corrected chi connectivity index (χ0v) is 24.1. The number of fused-ring (bicyclic) bond motifs is 1. The molecule has 1 atom stereocenters. The zero-order chi connectivity index (χ0) is 28.9. The molecule has 200 valence electrons. The molecular weight excluding hydrogens is 503 g/mol. The van der Waals surface area contributed by atoms with Gasteiger partial charge in [0.2, 0.25) is 17.7 Å². The van der Waals surface area contributed by atoms with Gasteiger partial charge in [0.25, 0.3) is 5.91 Å². The quantitative estimate of drug-likeness (QED) is 0.292. The Morgan fingerprint density at radius 1 is 1.02 bits per heavy atom. The number of rotatable bonds is 6. The summed E-state index contributed by atoms with van der Waals surface area (Å²) >= 11 is 0. The number of nitrogens with zero attached hydrogens (tertiary/aromatic N) is 2. The minimum Gasteiger partial charge on any atom is -0.501 e. The maximum Gasteiger partial charge on any atom is 0.255 e. The number of morpholine rings is 1. The van der Waals surface area contributed by atoms with E-state index in [0.29, 0.717) is 37.4 Å². The van der Waals surface area contributed by atoms with E-state index in [1.165, 1.54) is 0 Å². The van der Waals surface area contributed by atoms with Crippen LogP contribution in [-0.2, 0) is 37.6 Å². The number of amides is 4. The van der Waals surface area contributed by atoms with Crippen LogP contribution in [0.5, 0.6) is 5.75 Å². The third kappa shape index (κ3) is 4.89. The van der Waals surface area contributed by atoms with E-state index < -0.39 is 17.3 Å². The molecular formula is C25H31B6N3O6. The highest BCUT2D eigenvalue weighted by Gasteiger charge is 2.41. The van der Waals surface area contributed by atoms with Gasteiger partial charge < -0.3 is 19.3 Å². The molecule has 40 heavy (non-hydrogen) atoms. The summed E-state index contributed by atoms with van der Waals surface area (Å²) in [4.78, 5) is 53.3. The van der Waals surface area contributed by atoms with E-state index in [4.69, 9.17) is 9.47 Å². The Labute approximate surface area is 239 Å². The molecule has 0 saturated carbocycles. The van der Waals surface area contributed by atoms with Crippen molar-refractivity contribution >= 4 is 92.6 Å². The maximum atomic E-state index is 13.3. The van der Waals surface area contributed by atoms with Crippen LogP contribution in [0.2, 0.25) is 0 Å². The van der Waals surface area contributed by atoms with E-state index in [-0.39, 0.29) is 37.3 Å². The molecule has 0 spiro atoms. The normalized spacial score (nSPS) is 19.6. The van der Waals surface area contributed by atoms with Crippen molar-refractivity contribution in [2.45, 2.75) is 37.4 Å². The monoisotopic (exact) mass is 535 g/mol. The Morgan fingerprint density at radius 2 is 1.73 bits per heavy atom. The molecule has 1 N–H and O–H groups in total. The number of imide groups is 1. The standard InChI is InChI=1S/C25H31B6N3O6/c26-19-13(8-33-6-7-39-10-17(33)36)20(27)22(29)18(21(19)28)25(30,31)40-15-3-1-2-11-12(15)9-34(24(11)38)14-4-5-16(35)32-23(14)37/h1-3,14H,4-10,26-31H2,(H,32,35,37). The average Bonchev–Trinajstić information content (AvgIpc) is 3.23. The van der Waals surface area contributed by atoms with E-state index in [2.05, 4.69) is 36.7 Å². The van der Waals surface area contributed by atoms with Crippen molar-refractivity contribution in [2.24, 2.45) is 0 Å². The van der Waals surface area contributed by atoms with E-state index in [1.807, 2.05) is 26.7 Å². The van der Waals surface area contributed by atoms with Crippen LogP contribution in [0.3, 0.4) is 0 Å². The van der Waals surface area contributed by atoms with Gasteiger partial charge in [0.05, 0.1) is 18.6 Å². The second-order valence-electron chi connectivity index (χ2n) is 11.5. The van der Waals surface area contributed by atoms with Crippen LogP contribution in [0.1, 0.15) is 39.9 Å². The Kier molecular flexibility index (Phi) is 7.46. The minimum atomic E-state index is -0.739. The highest BCUT2D eigenvalue weighted by atomic mass is 16.5. The summed E-state index contributed by atoms with van der Waals surface area (Å²) in [6, 6.07) is 4.74. The van der Waals surface area contributed by atoms with Gasteiger partial charge in [0, 0.05) is 30.6 Å². The van der Waals surface area contributed by atoms with Crippen molar-refractivity contribution in [3.63, 3.8) is 0 Å². The van der Waals surface area contributed by atoms with Gasteiger partial charge in [-0.05, 0) is 29.7 Å². The van der Waals surface area contributed by atoms with Crippen molar-refractivity contribution in [3.05, 3.63) is 40.5 Å². The predicted molar refractivity (Wildman–Crippen MR) is 167 cm³/mol. The van der Waals surface area contributed by atoms with Gasteiger partial charge in [0.15, 0.2) is 15.7 Å². The van der Waals surface area contributed by atoms with Crippen LogP contribution in [0.25, 0.3) is 0 Å². The Bertz CT molecular complexity index is 1420. The topological polar surface area (TPSA) is 105 Å². The lowest BCUT2D eigenvalue weighted by Crippen LogP contribution is -2.56. The summed E-state index contributed by atoms with van der Waals surface area (Å²) < 4.78 is 12.0. The number of benzene rings is 2. The largest absolute Gasteiger partial charge is 0.501 e. The van der Waals surface area contributed by atoms with Gasteiger partial charge in [-0.2, -0.15) is 0 Å². The van der Waals surface area contributed by atoms with Gasteiger partial charge in [0.1, 0.15) is 49.8 Å². The molecule has 2 aromatic rings. The van der Waals surface area contributed by atoms with Crippen LogP contribution in [0, 0.1) is 0 Å². The third-order valence-electron chi connectivity index (χ3n) is 8.72. The van der Waals surface area contributed by atoms with Crippen molar-refractivity contribution in [2.75, 3.05) is 19.8 Å². The molecule has 0 aliphatic carbocycles. The summed E-state index contributed by atoms with van der Waals surface area (Å²) in [5, 5.41) is 1.61. The van der Waals surface area contributed by atoms with Gasteiger partial charge in [-0.15, -0.1) is 0 Å². The lowest BCUT2D eigenvalue weighted by Gasteiger charge is -2.36.